The fourth-order valence-electron chi connectivity index (χ4n) is 2.77. The third-order valence-electron chi connectivity index (χ3n) is 3.74. The molecule has 1 N–H and O–H groups in total. The molecule has 1 fully saturated rings. The van der Waals surface area contributed by atoms with E-state index in [1.807, 2.05) is 36.1 Å². The van der Waals surface area contributed by atoms with Gasteiger partial charge < -0.3 is 9.64 Å². The Kier molecular flexibility index (Phi) is 3.69. The Morgan fingerprint density at radius 2 is 2.35 bits per heavy atom. The number of fused-ring (bicyclic) bond motifs is 1. The normalized spacial score (nSPS) is 19.4. The van der Waals surface area contributed by atoms with E-state index in [4.69, 9.17) is 4.74 Å². The largest absolute Gasteiger partial charge is 0.377 e. The predicted molar refractivity (Wildman–Crippen MR) is 76.6 cm³/mol. The van der Waals surface area contributed by atoms with E-state index in [1.165, 1.54) is 0 Å². The Bertz CT molecular complexity index is 606. The quantitative estimate of drug-likeness (QED) is 0.932. The summed E-state index contributed by atoms with van der Waals surface area (Å²) in [6.07, 6.45) is 2.17. The Labute approximate surface area is 117 Å². The number of para-hydroxylation sites is 1. The van der Waals surface area contributed by atoms with E-state index in [9.17, 15) is 4.79 Å². The number of benzene rings is 1. The minimum Gasteiger partial charge on any atom is -0.377 e. The summed E-state index contributed by atoms with van der Waals surface area (Å²) in [4.78, 5) is 14.5. The van der Waals surface area contributed by atoms with Gasteiger partial charge in [-0.1, -0.05) is 18.2 Å². The Hall–Kier alpha value is -1.88. The Morgan fingerprint density at radius 3 is 3.20 bits per heavy atom. The highest BCUT2D eigenvalue weighted by Crippen LogP contribution is 2.20. The molecule has 3 rings (SSSR count). The molecular weight excluding hydrogens is 254 g/mol. The first-order chi connectivity index (χ1) is 9.79. The van der Waals surface area contributed by atoms with E-state index in [2.05, 4.69) is 10.2 Å². The molecule has 1 saturated heterocycles. The number of aromatic amines is 1. The predicted octanol–water partition coefficient (Wildman–Crippen LogP) is 2.20. The summed E-state index contributed by atoms with van der Waals surface area (Å²) in [7, 11) is 0. The fourth-order valence-corrected chi connectivity index (χ4v) is 2.77. The highest BCUT2D eigenvalue weighted by molar-refractivity contribution is 6.04. The van der Waals surface area contributed by atoms with Crippen LogP contribution in [-0.4, -0.2) is 46.8 Å². The van der Waals surface area contributed by atoms with Crippen molar-refractivity contribution in [1.82, 2.24) is 15.1 Å². The zero-order valence-electron chi connectivity index (χ0n) is 11.6. The van der Waals surface area contributed by atoms with Crippen molar-refractivity contribution in [3.8, 4) is 0 Å². The summed E-state index contributed by atoms with van der Waals surface area (Å²) in [6.45, 7) is 4.12. The molecule has 0 aliphatic carbocycles. The summed E-state index contributed by atoms with van der Waals surface area (Å²) in [5.41, 5.74) is 1.41. The SMILES string of the molecule is CCO[C@@H]1CCCN(C(=O)c2n[nH]c3ccccc23)C1. The fraction of sp³-hybridized carbons (Fsp3) is 0.467. The number of rotatable bonds is 3. The number of aromatic nitrogens is 2. The van der Waals surface area contributed by atoms with Gasteiger partial charge in [0.15, 0.2) is 5.69 Å². The third kappa shape index (κ3) is 2.41. The smallest absolute Gasteiger partial charge is 0.275 e. The van der Waals surface area contributed by atoms with Gasteiger partial charge in [-0.05, 0) is 25.8 Å². The van der Waals surface area contributed by atoms with E-state index in [-0.39, 0.29) is 12.0 Å². The molecule has 0 bridgehead atoms. The van der Waals surface area contributed by atoms with Crippen molar-refractivity contribution in [3.05, 3.63) is 30.0 Å². The third-order valence-corrected chi connectivity index (χ3v) is 3.74. The monoisotopic (exact) mass is 273 g/mol. The molecular formula is C15H19N3O2. The van der Waals surface area contributed by atoms with E-state index >= 15 is 0 Å². The molecule has 2 heterocycles. The zero-order chi connectivity index (χ0) is 13.9. The number of nitrogens with one attached hydrogen (secondary N) is 1. The number of hydrogen-bond acceptors (Lipinski definition) is 3. The van der Waals surface area contributed by atoms with Crippen molar-refractivity contribution < 1.29 is 9.53 Å². The lowest BCUT2D eigenvalue weighted by Gasteiger charge is -2.32. The number of carbonyl (C=O) groups is 1. The maximum Gasteiger partial charge on any atom is 0.275 e. The summed E-state index contributed by atoms with van der Waals surface area (Å²) in [5, 5.41) is 7.99. The van der Waals surface area contributed by atoms with Crippen LogP contribution in [0.25, 0.3) is 10.9 Å². The number of H-pyrrole nitrogens is 1. The maximum atomic E-state index is 12.6. The number of hydrogen-bond donors (Lipinski definition) is 1. The summed E-state index contributed by atoms with van der Waals surface area (Å²) in [5.74, 6) is -0.00754. The molecule has 1 aromatic carbocycles. The molecule has 0 spiro atoms. The number of nitrogens with zero attached hydrogens (tertiary/aromatic N) is 2. The van der Waals surface area contributed by atoms with Crippen molar-refractivity contribution in [2.45, 2.75) is 25.9 Å². The van der Waals surface area contributed by atoms with Gasteiger partial charge in [-0.15, -0.1) is 0 Å². The summed E-state index contributed by atoms with van der Waals surface area (Å²) in [6, 6.07) is 7.71. The number of likely N-dealkylation sites (tertiary alicyclic amines) is 1. The van der Waals surface area contributed by atoms with E-state index in [0.29, 0.717) is 18.8 Å². The van der Waals surface area contributed by atoms with Crippen LogP contribution in [0.5, 0.6) is 0 Å². The topological polar surface area (TPSA) is 58.2 Å². The van der Waals surface area contributed by atoms with Gasteiger partial charge in [0.05, 0.1) is 11.6 Å². The molecule has 106 valence electrons. The minimum absolute atomic E-state index is 0.00754. The van der Waals surface area contributed by atoms with Crippen LogP contribution in [-0.2, 0) is 4.74 Å². The molecule has 1 atom stereocenters. The number of amides is 1. The second kappa shape index (κ2) is 5.63. The molecule has 0 radical (unpaired) electrons. The van der Waals surface area contributed by atoms with Crippen molar-refractivity contribution in [2.75, 3.05) is 19.7 Å². The second-order valence-corrected chi connectivity index (χ2v) is 5.09. The van der Waals surface area contributed by atoms with Crippen LogP contribution < -0.4 is 0 Å². The Morgan fingerprint density at radius 1 is 1.50 bits per heavy atom. The first-order valence-electron chi connectivity index (χ1n) is 7.13. The van der Waals surface area contributed by atoms with Crippen LogP contribution in [0.2, 0.25) is 0 Å². The first kappa shape index (κ1) is 13.1. The molecule has 5 heteroatoms. The molecule has 0 saturated carbocycles. The average molecular weight is 273 g/mol. The van der Waals surface area contributed by atoms with Crippen LogP contribution in [0.1, 0.15) is 30.3 Å². The minimum atomic E-state index is -0.00754. The van der Waals surface area contributed by atoms with Gasteiger partial charge in [0, 0.05) is 25.1 Å². The van der Waals surface area contributed by atoms with Crippen molar-refractivity contribution >= 4 is 16.8 Å². The first-order valence-corrected chi connectivity index (χ1v) is 7.13. The number of piperidine rings is 1. The maximum absolute atomic E-state index is 12.6. The standard InChI is InChI=1S/C15H19N3O2/c1-2-20-11-6-5-9-18(10-11)15(19)14-12-7-3-4-8-13(12)16-17-14/h3-4,7-8,11H,2,5-6,9-10H2,1H3,(H,16,17)/t11-/m1/s1. The van der Waals surface area contributed by atoms with Gasteiger partial charge in [-0.25, -0.2) is 0 Å². The lowest BCUT2D eigenvalue weighted by Crippen LogP contribution is -2.43. The lowest BCUT2D eigenvalue weighted by molar-refractivity contribution is 0.00710. The van der Waals surface area contributed by atoms with E-state index in [0.717, 1.165) is 30.3 Å². The zero-order valence-corrected chi connectivity index (χ0v) is 11.6. The Balaban J connectivity index is 1.81. The van der Waals surface area contributed by atoms with Crippen LogP contribution in [0.3, 0.4) is 0 Å². The van der Waals surface area contributed by atoms with Gasteiger partial charge in [-0.2, -0.15) is 5.10 Å². The van der Waals surface area contributed by atoms with Crippen LogP contribution in [0.4, 0.5) is 0 Å². The molecule has 1 aliphatic heterocycles. The van der Waals surface area contributed by atoms with E-state index < -0.39 is 0 Å². The molecule has 20 heavy (non-hydrogen) atoms. The molecule has 0 unspecified atom stereocenters. The van der Waals surface area contributed by atoms with Crippen LogP contribution in [0.15, 0.2) is 24.3 Å². The molecule has 1 aliphatic rings. The lowest BCUT2D eigenvalue weighted by atomic mass is 10.1. The van der Waals surface area contributed by atoms with Crippen molar-refractivity contribution in [3.63, 3.8) is 0 Å². The second-order valence-electron chi connectivity index (χ2n) is 5.09. The molecule has 1 aromatic heterocycles. The highest BCUT2D eigenvalue weighted by atomic mass is 16.5. The molecule has 1 amide bonds. The molecule has 2 aromatic rings. The highest BCUT2D eigenvalue weighted by Gasteiger charge is 2.27. The summed E-state index contributed by atoms with van der Waals surface area (Å²) >= 11 is 0. The van der Waals surface area contributed by atoms with Gasteiger partial charge in [0.1, 0.15) is 0 Å². The number of ether oxygens (including phenoxy) is 1. The van der Waals surface area contributed by atoms with Gasteiger partial charge >= 0.3 is 0 Å². The van der Waals surface area contributed by atoms with Gasteiger partial charge in [0.25, 0.3) is 5.91 Å². The average Bonchev–Trinajstić information content (AvgIpc) is 2.91. The number of carbonyl (C=O) groups excluding carboxylic acids is 1. The van der Waals surface area contributed by atoms with Crippen LogP contribution >= 0.6 is 0 Å². The van der Waals surface area contributed by atoms with Crippen molar-refractivity contribution in [2.24, 2.45) is 0 Å². The summed E-state index contributed by atoms with van der Waals surface area (Å²) < 4.78 is 5.65. The van der Waals surface area contributed by atoms with Gasteiger partial charge in [0.2, 0.25) is 0 Å². The van der Waals surface area contributed by atoms with Gasteiger partial charge in [-0.3, -0.25) is 9.89 Å². The van der Waals surface area contributed by atoms with Crippen molar-refractivity contribution in [1.29, 1.82) is 0 Å². The molecule has 5 nitrogen and oxygen atoms in total. The van der Waals surface area contributed by atoms with Crippen LogP contribution in [0, 0.1) is 0 Å². The van der Waals surface area contributed by atoms with E-state index in [1.54, 1.807) is 0 Å².